The smallest absolute Gasteiger partial charge is 0.307 e. The molecule has 0 unspecified atom stereocenters. The van der Waals surface area contributed by atoms with Gasteiger partial charge in [-0.15, -0.1) is 0 Å². The Hall–Kier alpha value is -2.69. The number of aliphatic carboxylic acids is 1. The topological polar surface area (TPSA) is 65.0 Å². The standard InChI is InChI=1S/C18H18O5/c1-21-15-7-11(9-17(19)20)8-16(22-2)18(15)13-4-3-12-5-6-23-14(12)10-13/h3-4,7-8,10H,5-6,9H2,1-2H3,(H,19,20). The molecule has 23 heavy (non-hydrogen) atoms. The van der Waals surface area contributed by atoms with Crippen molar-refractivity contribution < 1.29 is 24.1 Å². The molecule has 0 atom stereocenters. The first kappa shape index (κ1) is 15.2. The normalized spacial score (nSPS) is 12.4. The zero-order chi connectivity index (χ0) is 16.4. The van der Waals surface area contributed by atoms with Crippen LogP contribution in [0.1, 0.15) is 11.1 Å². The second kappa shape index (κ2) is 6.20. The number of carboxylic acids is 1. The third-order valence-corrected chi connectivity index (χ3v) is 3.91. The third-order valence-electron chi connectivity index (χ3n) is 3.91. The summed E-state index contributed by atoms with van der Waals surface area (Å²) >= 11 is 0. The highest BCUT2D eigenvalue weighted by molar-refractivity contribution is 5.80. The summed E-state index contributed by atoms with van der Waals surface area (Å²) in [6.45, 7) is 0.699. The molecule has 2 aromatic rings. The van der Waals surface area contributed by atoms with E-state index < -0.39 is 5.97 Å². The number of carboxylic acid groups (broad SMARTS) is 1. The molecule has 1 heterocycles. The lowest BCUT2D eigenvalue weighted by atomic mass is 9.98. The molecule has 2 aromatic carbocycles. The highest BCUT2D eigenvalue weighted by atomic mass is 16.5. The highest BCUT2D eigenvalue weighted by Gasteiger charge is 2.19. The first-order chi connectivity index (χ1) is 11.1. The van der Waals surface area contributed by atoms with E-state index in [1.807, 2.05) is 18.2 Å². The number of hydrogen-bond acceptors (Lipinski definition) is 4. The van der Waals surface area contributed by atoms with Crippen LogP contribution in [0.3, 0.4) is 0 Å². The Kier molecular flexibility index (Phi) is 4.10. The molecule has 0 spiro atoms. The highest BCUT2D eigenvalue weighted by Crippen LogP contribution is 2.42. The van der Waals surface area contributed by atoms with Crippen LogP contribution in [0.15, 0.2) is 30.3 Å². The van der Waals surface area contributed by atoms with Crippen LogP contribution in [0.2, 0.25) is 0 Å². The molecular weight excluding hydrogens is 296 g/mol. The molecule has 1 aliphatic rings. The monoisotopic (exact) mass is 314 g/mol. The minimum atomic E-state index is -0.896. The van der Waals surface area contributed by atoms with Crippen molar-refractivity contribution in [3.63, 3.8) is 0 Å². The van der Waals surface area contributed by atoms with Crippen molar-refractivity contribution in [1.82, 2.24) is 0 Å². The molecule has 5 heteroatoms. The lowest BCUT2D eigenvalue weighted by Gasteiger charge is -2.16. The summed E-state index contributed by atoms with van der Waals surface area (Å²) in [6, 6.07) is 9.49. The maximum atomic E-state index is 11.0. The Morgan fingerprint density at radius 1 is 1.17 bits per heavy atom. The van der Waals surface area contributed by atoms with E-state index >= 15 is 0 Å². The van der Waals surface area contributed by atoms with Gasteiger partial charge in [-0.3, -0.25) is 4.79 Å². The molecule has 1 N–H and O–H groups in total. The zero-order valence-corrected chi connectivity index (χ0v) is 13.1. The Balaban J connectivity index is 2.12. The zero-order valence-electron chi connectivity index (χ0n) is 13.1. The second-order valence-electron chi connectivity index (χ2n) is 5.37. The molecule has 0 aliphatic carbocycles. The van der Waals surface area contributed by atoms with Gasteiger partial charge in [0.2, 0.25) is 0 Å². The molecule has 0 saturated heterocycles. The van der Waals surface area contributed by atoms with Gasteiger partial charge in [-0.25, -0.2) is 0 Å². The van der Waals surface area contributed by atoms with Gasteiger partial charge in [0.05, 0.1) is 32.8 Å². The number of carbonyl (C=O) groups is 1. The van der Waals surface area contributed by atoms with Gasteiger partial charge in [0.1, 0.15) is 17.2 Å². The van der Waals surface area contributed by atoms with Crippen LogP contribution in [0.5, 0.6) is 17.2 Å². The molecule has 0 bridgehead atoms. The summed E-state index contributed by atoms with van der Waals surface area (Å²) in [7, 11) is 3.12. The average Bonchev–Trinajstić information content (AvgIpc) is 3.00. The van der Waals surface area contributed by atoms with E-state index in [2.05, 4.69) is 0 Å². The molecule has 0 saturated carbocycles. The van der Waals surface area contributed by atoms with Crippen LogP contribution in [0.25, 0.3) is 11.1 Å². The van der Waals surface area contributed by atoms with E-state index in [9.17, 15) is 4.79 Å². The molecule has 5 nitrogen and oxygen atoms in total. The van der Waals surface area contributed by atoms with Gasteiger partial charge in [0, 0.05) is 6.42 Å². The summed E-state index contributed by atoms with van der Waals surface area (Å²) in [6.07, 6.45) is 0.835. The van der Waals surface area contributed by atoms with E-state index in [1.165, 1.54) is 5.56 Å². The van der Waals surface area contributed by atoms with Gasteiger partial charge in [-0.2, -0.15) is 0 Å². The Morgan fingerprint density at radius 3 is 2.48 bits per heavy atom. The van der Waals surface area contributed by atoms with Crippen molar-refractivity contribution in [2.24, 2.45) is 0 Å². The van der Waals surface area contributed by atoms with E-state index in [-0.39, 0.29) is 6.42 Å². The predicted octanol–water partition coefficient (Wildman–Crippen LogP) is 2.93. The summed E-state index contributed by atoms with van der Waals surface area (Å²) in [5.41, 5.74) is 3.53. The quantitative estimate of drug-likeness (QED) is 0.919. The minimum Gasteiger partial charge on any atom is -0.496 e. The summed E-state index contributed by atoms with van der Waals surface area (Å²) in [5, 5.41) is 8.99. The summed E-state index contributed by atoms with van der Waals surface area (Å²) in [5.74, 6) is 1.14. The van der Waals surface area contributed by atoms with Crippen LogP contribution in [-0.4, -0.2) is 31.9 Å². The van der Waals surface area contributed by atoms with Gasteiger partial charge >= 0.3 is 5.97 Å². The van der Waals surface area contributed by atoms with Gasteiger partial charge in [-0.05, 0) is 34.9 Å². The first-order valence-electron chi connectivity index (χ1n) is 7.35. The van der Waals surface area contributed by atoms with Crippen molar-refractivity contribution in [3.05, 3.63) is 41.5 Å². The van der Waals surface area contributed by atoms with Gasteiger partial charge in [0.25, 0.3) is 0 Å². The molecule has 1 aliphatic heterocycles. The second-order valence-corrected chi connectivity index (χ2v) is 5.37. The fourth-order valence-corrected chi connectivity index (χ4v) is 2.85. The number of hydrogen-bond donors (Lipinski definition) is 1. The lowest BCUT2D eigenvalue weighted by Crippen LogP contribution is -2.02. The Morgan fingerprint density at radius 2 is 1.87 bits per heavy atom. The fourth-order valence-electron chi connectivity index (χ4n) is 2.85. The molecule has 0 fully saturated rings. The Bertz CT molecular complexity index is 726. The van der Waals surface area contributed by atoms with E-state index in [0.717, 1.165) is 23.3 Å². The molecule has 0 radical (unpaired) electrons. The van der Waals surface area contributed by atoms with E-state index in [1.54, 1.807) is 26.4 Å². The molecule has 0 amide bonds. The largest absolute Gasteiger partial charge is 0.496 e. The first-order valence-corrected chi connectivity index (χ1v) is 7.35. The number of rotatable bonds is 5. The van der Waals surface area contributed by atoms with Crippen LogP contribution in [0.4, 0.5) is 0 Å². The maximum absolute atomic E-state index is 11.0. The molecule has 3 rings (SSSR count). The van der Waals surface area contributed by atoms with Crippen molar-refractivity contribution in [2.45, 2.75) is 12.8 Å². The number of ether oxygens (including phenoxy) is 3. The molecule has 0 aromatic heterocycles. The van der Waals surface area contributed by atoms with Crippen molar-refractivity contribution in [2.75, 3.05) is 20.8 Å². The van der Waals surface area contributed by atoms with Gasteiger partial charge in [0.15, 0.2) is 0 Å². The van der Waals surface area contributed by atoms with Crippen LogP contribution < -0.4 is 14.2 Å². The molecule has 120 valence electrons. The van der Waals surface area contributed by atoms with Gasteiger partial charge in [-0.1, -0.05) is 12.1 Å². The SMILES string of the molecule is COc1cc(CC(=O)O)cc(OC)c1-c1ccc2c(c1)OCC2. The van der Waals surface area contributed by atoms with Crippen LogP contribution in [0, 0.1) is 0 Å². The Labute approximate surface area is 134 Å². The van der Waals surface area contributed by atoms with E-state index in [4.69, 9.17) is 19.3 Å². The van der Waals surface area contributed by atoms with Crippen molar-refractivity contribution in [3.8, 4) is 28.4 Å². The summed E-state index contributed by atoms with van der Waals surface area (Å²) < 4.78 is 16.6. The van der Waals surface area contributed by atoms with Gasteiger partial charge < -0.3 is 19.3 Å². The number of fused-ring (bicyclic) bond motifs is 1. The van der Waals surface area contributed by atoms with Crippen LogP contribution in [-0.2, 0) is 17.6 Å². The van der Waals surface area contributed by atoms with Crippen molar-refractivity contribution in [1.29, 1.82) is 0 Å². The third kappa shape index (κ3) is 2.95. The average molecular weight is 314 g/mol. The number of benzene rings is 2. The summed E-state index contributed by atoms with van der Waals surface area (Å²) in [4.78, 5) is 11.0. The van der Waals surface area contributed by atoms with Crippen LogP contribution >= 0.6 is 0 Å². The molecular formula is C18H18O5. The maximum Gasteiger partial charge on any atom is 0.307 e. The fraction of sp³-hybridized carbons (Fsp3) is 0.278. The number of methoxy groups -OCH3 is 2. The lowest BCUT2D eigenvalue weighted by molar-refractivity contribution is -0.136. The minimum absolute atomic E-state index is 0.0830. The predicted molar refractivity (Wildman–Crippen MR) is 85.5 cm³/mol. The van der Waals surface area contributed by atoms with Crippen molar-refractivity contribution >= 4 is 5.97 Å². The van der Waals surface area contributed by atoms with E-state index in [0.29, 0.717) is 23.7 Å².